The summed E-state index contributed by atoms with van der Waals surface area (Å²) in [5.41, 5.74) is 2.68. The van der Waals surface area contributed by atoms with Gasteiger partial charge in [-0.2, -0.15) is 10.2 Å². The Kier molecular flexibility index (Phi) is 6.84. The maximum Gasteiger partial charge on any atom is 0.272 e. The summed E-state index contributed by atoms with van der Waals surface area (Å²) < 4.78 is 3.78. The van der Waals surface area contributed by atoms with Gasteiger partial charge < -0.3 is 10.6 Å². The lowest BCUT2D eigenvalue weighted by Gasteiger charge is -2.22. The summed E-state index contributed by atoms with van der Waals surface area (Å²) in [6.45, 7) is 3.11. The molecular formula is C20H25ClN6O. The molecule has 2 N–H and O–H groups in total. The molecule has 1 aliphatic rings. The van der Waals surface area contributed by atoms with Gasteiger partial charge in [-0.3, -0.25) is 14.2 Å². The topological polar surface area (TPSA) is 76.8 Å². The van der Waals surface area contributed by atoms with Crippen LogP contribution in [0.3, 0.4) is 0 Å². The van der Waals surface area contributed by atoms with Crippen molar-refractivity contribution in [2.24, 2.45) is 0 Å². The minimum absolute atomic E-state index is 0. The van der Waals surface area contributed by atoms with Crippen molar-refractivity contribution < 1.29 is 4.79 Å². The summed E-state index contributed by atoms with van der Waals surface area (Å²) in [6.07, 6.45) is 7.83. The van der Waals surface area contributed by atoms with Crippen LogP contribution in [0.15, 0.2) is 55.0 Å². The lowest BCUT2D eigenvalue weighted by molar-refractivity contribution is 0.0944. The van der Waals surface area contributed by atoms with E-state index in [1.54, 1.807) is 12.3 Å². The molecule has 1 unspecified atom stereocenters. The first-order valence-electron chi connectivity index (χ1n) is 9.38. The minimum atomic E-state index is -0.147. The third-order valence-electron chi connectivity index (χ3n) is 4.94. The van der Waals surface area contributed by atoms with Crippen LogP contribution in [-0.2, 0) is 13.1 Å². The molecule has 0 aliphatic carbocycles. The zero-order chi connectivity index (χ0) is 18.5. The van der Waals surface area contributed by atoms with Crippen molar-refractivity contribution in [2.75, 3.05) is 13.1 Å². The molecule has 1 aromatic carbocycles. The Morgan fingerprint density at radius 3 is 2.79 bits per heavy atom. The highest BCUT2D eigenvalue weighted by molar-refractivity contribution is 5.92. The molecule has 28 heavy (non-hydrogen) atoms. The van der Waals surface area contributed by atoms with E-state index in [0.29, 0.717) is 24.8 Å². The van der Waals surface area contributed by atoms with Gasteiger partial charge in [0, 0.05) is 31.7 Å². The van der Waals surface area contributed by atoms with Crippen LogP contribution >= 0.6 is 12.4 Å². The SMILES string of the molecule is Cl.O=C(NCc1ccccc1Cn1cccn1)c1ccn(C2CCCNC2)n1. The van der Waals surface area contributed by atoms with E-state index in [2.05, 4.69) is 26.9 Å². The van der Waals surface area contributed by atoms with E-state index < -0.39 is 0 Å². The first-order chi connectivity index (χ1) is 13.3. The van der Waals surface area contributed by atoms with Crippen molar-refractivity contribution >= 4 is 18.3 Å². The number of piperidine rings is 1. The Bertz CT molecular complexity index is 886. The maximum atomic E-state index is 12.5. The average Bonchev–Trinajstić information content (AvgIpc) is 3.40. The average molecular weight is 401 g/mol. The minimum Gasteiger partial charge on any atom is -0.347 e. The Labute approximate surface area is 170 Å². The molecule has 0 radical (unpaired) electrons. The quantitative estimate of drug-likeness (QED) is 0.666. The molecule has 1 amide bonds. The van der Waals surface area contributed by atoms with Gasteiger partial charge in [0.05, 0.1) is 12.6 Å². The summed E-state index contributed by atoms with van der Waals surface area (Å²) in [6, 6.07) is 12.1. The summed E-state index contributed by atoms with van der Waals surface area (Å²) in [7, 11) is 0. The van der Waals surface area contributed by atoms with Crippen LogP contribution in [0.1, 0.15) is 40.5 Å². The molecule has 0 spiro atoms. The number of nitrogens with one attached hydrogen (secondary N) is 2. The second-order valence-corrected chi connectivity index (χ2v) is 6.84. The van der Waals surface area contributed by atoms with E-state index in [4.69, 9.17) is 0 Å². The molecule has 0 saturated carbocycles. The predicted molar refractivity (Wildman–Crippen MR) is 110 cm³/mol. The second-order valence-electron chi connectivity index (χ2n) is 6.84. The van der Waals surface area contributed by atoms with E-state index in [1.807, 2.05) is 46.0 Å². The molecule has 1 aliphatic heterocycles. The van der Waals surface area contributed by atoms with Crippen LogP contribution < -0.4 is 10.6 Å². The molecule has 2 aromatic heterocycles. The molecule has 1 saturated heterocycles. The first kappa shape index (κ1) is 20.1. The maximum absolute atomic E-state index is 12.5. The van der Waals surface area contributed by atoms with Crippen LogP contribution in [-0.4, -0.2) is 38.6 Å². The van der Waals surface area contributed by atoms with Crippen LogP contribution in [0.2, 0.25) is 0 Å². The normalized spacial score (nSPS) is 16.4. The number of hydrogen-bond donors (Lipinski definition) is 2. The fraction of sp³-hybridized carbons (Fsp3) is 0.350. The number of amides is 1. The lowest BCUT2D eigenvalue weighted by Crippen LogP contribution is -2.32. The third-order valence-corrected chi connectivity index (χ3v) is 4.94. The number of rotatable bonds is 6. The van der Waals surface area contributed by atoms with E-state index in [0.717, 1.165) is 37.1 Å². The molecule has 148 valence electrons. The fourth-order valence-corrected chi connectivity index (χ4v) is 3.44. The highest BCUT2D eigenvalue weighted by atomic mass is 35.5. The Hall–Kier alpha value is -2.64. The van der Waals surface area contributed by atoms with Gasteiger partial charge in [-0.15, -0.1) is 12.4 Å². The highest BCUT2D eigenvalue weighted by Gasteiger charge is 2.17. The van der Waals surface area contributed by atoms with Crippen LogP contribution in [0, 0.1) is 0 Å². The first-order valence-corrected chi connectivity index (χ1v) is 9.38. The number of carbonyl (C=O) groups excluding carboxylic acids is 1. The molecule has 3 aromatic rings. The van der Waals surface area contributed by atoms with Gasteiger partial charge in [-0.05, 0) is 42.6 Å². The Morgan fingerprint density at radius 1 is 1.18 bits per heavy atom. The van der Waals surface area contributed by atoms with Gasteiger partial charge in [0.1, 0.15) is 5.69 Å². The molecule has 7 nitrogen and oxygen atoms in total. The van der Waals surface area contributed by atoms with Crippen molar-refractivity contribution in [2.45, 2.75) is 32.0 Å². The smallest absolute Gasteiger partial charge is 0.272 e. The van der Waals surface area contributed by atoms with Gasteiger partial charge in [-0.1, -0.05) is 24.3 Å². The van der Waals surface area contributed by atoms with Crippen molar-refractivity contribution in [1.29, 1.82) is 0 Å². The number of aromatic nitrogens is 4. The van der Waals surface area contributed by atoms with Gasteiger partial charge >= 0.3 is 0 Å². The Morgan fingerprint density at radius 2 is 2.04 bits per heavy atom. The van der Waals surface area contributed by atoms with Crippen LogP contribution in [0.5, 0.6) is 0 Å². The van der Waals surface area contributed by atoms with Crippen LogP contribution in [0.25, 0.3) is 0 Å². The molecular weight excluding hydrogens is 376 g/mol. The molecule has 4 rings (SSSR count). The van der Waals surface area contributed by atoms with Gasteiger partial charge in [0.15, 0.2) is 0 Å². The van der Waals surface area contributed by atoms with E-state index in [9.17, 15) is 4.79 Å². The summed E-state index contributed by atoms with van der Waals surface area (Å²) in [5, 5.41) is 15.1. The summed E-state index contributed by atoms with van der Waals surface area (Å²) in [5.74, 6) is -0.147. The lowest BCUT2D eigenvalue weighted by atomic mass is 10.1. The monoisotopic (exact) mass is 400 g/mol. The van der Waals surface area contributed by atoms with Gasteiger partial charge in [0.2, 0.25) is 0 Å². The molecule has 1 atom stereocenters. The van der Waals surface area contributed by atoms with E-state index in [-0.39, 0.29) is 18.3 Å². The number of nitrogens with zero attached hydrogens (tertiary/aromatic N) is 4. The van der Waals surface area contributed by atoms with Crippen molar-refractivity contribution in [3.8, 4) is 0 Å². The van der Waals surface area contributed by atoms with E-state index in [1.165, 1.54) is 0 Å². The standard InChI is InChI=1S/C20H24N6O.ClH/c27-20(19-8-12-26(24-19)18-7-3-9-21-14-18)22-13-16-5-1-2-6-17(16)15-25-11-4-10-23-25;/h1-2,4-6,8,10-12,18,21H,3,7,9,13-15H2,(H,22,27);1H. The number of benzene rings is 1. The van der Waals surface area contributed by atoms with Crippen LogP contribution in [0.4, 0.5) is 0 Å². The zero-order valence-corrected chi connectivity index (χ0v) is 16.4. The second kappa shape index (κ2) is 9.52. The molecule has 8 heteroatoms. The summed E-state index contributed by atoms with van der Waals surface area (Å²) >= 11 is 0. The molecule has 1 fully saturated rings. The number of hydrogen-bond acceptors (Lipinski definition) is 4. The summed E-state index contributed by atoms with van der Waals surface area (Å²) in [4.78, 5) is 12.5. The Balaban J connectivity index is 0.00000225. The molecule has 3 heterocycles. The van der Waals surface area contributed by atoms with E-state index >= 15 is 0 Å². The van der Waals surface area contributed by atoms with Gasteiger partial charge in [0.25, 0.3) is 5.91 Å². The number of carbonyl (C=O) groups is 1. The van der Waals surface area contributed by atoms with Gasteiger partial charge in [-0.25, -0.2) is 0 Å². The highest BCUT2D eigenvalue weighted by Crippen LogP contribution is 2.16. The number of halogens is 1. The van der Waals surface area contributed by atoms with Crippen molar-refractivity contribution in [3.63, 3.8) is 0 Å². The zero-order valence-electron chi connectivity index (χ0n) is 15.6. The van der Waals surface area contributed by atoms with Crippen molar-refractivity contribution in [1.82, 2.24) is 30.2 Å². The largest absolute Gasteiger partial charge is 0.347 e. The fourth-order valence-electron chi connectivity index (χ4n) is 3.44. The van der Waals surface area contributed by atoms with Crippen molar-refractivity contribution in [3.05, 3.63) is 71.8 Å². The predicted octanol–water partition coefficient (Wildman–Crippen LogP) is 2.40. The third kappa shape index (κ3) is 4.79. The molecule has 0 bridgehead atoms.